The maximum Gasteiger partial charge on any atom is 0.258 e. The SMILES string of the molecule is CC(=O)Cn1ccc2ccccc2c1=O. The van der Waals surface area contributed by atoms with Crippen molar-refractivity contribution < 1.29 is 4.79 Å². The highest BCUT2D eigenvalue weighted by Crippen LogP contribution is 2.07. The number of rotatable bonds is 2. The van der Waals surface area contributed by atoms with Crippen LogP contribution in [-0.2, 0) is 11.3 Å². The Balaban J connectivity index is 2.65. The molecule has 0 saturated heterocycles. The van der Waals surface area contributed by atoms with Crippen LogP contribution >= 0.6 is 0 Å². The molecular weight excluding hydrogens is 190 g/mol. The summed E-state index contributed by atoms with van der Waals surface area (Å²) in [7, 11) is 0. The van der Waals surface area contributed by atoms with Gasteiger partial charge >= 0.3 is 0 Å². The van der Waals surface area contributed by atoms with Crippen LogP contribution in [0.1, 0.15) is 6.92 Å². The topological polar surface area (TPSA) is 39.1 Å². The summed E-state index contributed by atoms with van der Waals surface area (Å²) in [6.07, 6.45) is 1.66. The van der Waals surface area contributed by atoms with Gasteiger partial charge in [0.15, 0.2) is 0 Å². The van der Waals surface area contributed by atoms with Crippen LogP contribution in [0, 0.1) is 0 Å². The lowest BCUT2D eigenvalue weighted by Gasteiger charge is -2.04. The lowest BCUT2D eigenvalue weighted by molar-refractivity contribution is -0.117. The molecule has 0 amide bonds. The molecule has 0 N–H and O–H groups in total. The van der Waals surface area contributed by atoms with Gasteiger partial charge in [0, 0.05) is 11.6 Å². The van der Waals surface area contributed by atoms with Crippen LogP contribution < -0.4 is 5.56 Å². The molecule has 0 saturated carbocycles. The first kappa shape index (κ1) is 9.65. The number of ketones is 1. The van der Waals surface area contributed by atoms with E-state index in [1.807, 2.05) is 24.3 Å². The molecule has 0 aliphatic carbocycles. The maximum absolute atomic E-state index is 11.9. The van der Waals surface area contributed by atoms with Crippen molar-refractivity contribution in [3.63, 3.8) is 0 Å². The predicted molar refractivity (Wildman–Crippen MR) is 58.9 cm³/mol. The lowest BCUT2D eigenvalue weighted by Crippen LogP contribution is -2.22. The van der Waals surface area contributed by atoms with Crippen LogP contribution in [0.15, 0.2) is 41.3 Å². The Hall–Kier alpha value is -1.90. The van der Waals surface area contributed by atoms with Crippen molar-refractivity contribution in [2.45, 2.75) is 13.5 Å². The molecule has 2 rings (SSSR count). The molecule has 1 heterocycles. The first-order chi connectivity index (χ1) is 7.18. The third kappa shape index (κ3) is 1.81. The third-order valence-corrected chi connectivity index (χ3v) is 2.28. The van der Waals surface area contributed by atoms with E-state index in [-0.39, 0.29) is 17.9 Å². The second kappa shape index (κ2) is 3.69. The van der Waals surface area contributed by atoms with Crippen molar-refractivity contribution in [3.05, 3.63) is 46.9 Å². The number of pyridine rings is 1. The van der Waals surface area contributed by atoms with E-state index in [0.29, 0.717) is 5.39 Å². The van der Waals surface area contributed by atoms with Gasteiger partial charge in [-0.15, -0.1) is 0 Å². The van der Waals surface area contributed by atoms with Crippen molar-refractivity contribution >= 4 is 16.6 Å². The zero-order chi connectivity index (χ0) is 10.8. The molecule has 15 heavy (non-hydrogen) atoms. The van der Waals surface area contributed by atoms with Crippen molar-refractivity contribution in [2.75, 3.05) is 0 Å². The summed E-state index contributed by atoms with van der Waals surface area (Å²) < 4.78 is 1.44. The Morgan fingerprint density at radius 1 is 1.27 bits per heavy atom. The molecule has 76 valence electrons. The van der Waals surface area contributed by atoms with Crippen LogP contribution in [0.4, 0.5) is 0 Å². The minimum Gasteiger partial charge on any atom is -0.308 e. The van der Waals surface area contributed by atoms with Crippen LogP contribution in [0.25, 0.3) is 10.8 Å². The number of Topliss-reactive ketones (excluding diaryl/α,β-unsaturated/α-hetero) is 1. The fourth-order valence-corrected chi connectivity index (χ4v) is 1.59. The van der Waals surface area contributed by atoms with Crippen LogP contribution in [0.2, 0.25) is 0 Å². The molecule has 0 aliphatic heterocycles. The number of hydrogen-bond donors (Lipinski definition) is 0. The van der Waals surface area contributed by atoms with Crippen molar-refractivity contribution in [3.8, 4) is 0 Å². The van der Waals surface area contributed by atoms with Gasteiger partial charge in [0.05, 0.1) is 6.54 Å². The van der Waals surface area contributed by atoms with Crippen molar-refractivity contribution in [2.24, 2.45) is 0 Å². The molecule has 0 spiro atoms. The number of fused-ring (bicyclic) bond motifs is 1. The second-order valence-electron chi connectivity index (χ2n) is 3.54. The maximum atomic E-state index is 11.9. The zero-order valence-corrected chi connectivity index (χ0v) is 8.43. The standard InChI is InChI=1S/C12H11NO2/c1-9(14)8-13-7-6-10-4-2-3-5-11(10)12(13)15/h2-7H,8H2,1H3. The summed E-state index contributed by atoms with van der Waals surface area (Å²) in [5, 5.41) is 1.56. The van der Waals surface area contributed by atoms with Gasteiger partial charge in [-0.3, -0.25) is 9.59 Å². The summed E-state index contributed by atoms with van der Waals surface area (Å²) >= 11 is 0. The number of carbonyl (C=O) groups is 1. The van der Waals surface area contributed by atoms with Crippen LogP contribution in [0.5, 0.6) is 0 Å². The van der Waals surface area contributed by atoms with E-state index in [1.165, 1.54) is 11.5 Å². The van der Waals surface area contributed by atoms with E-state index in [4.69, 9.17) is 0 Å². The van der Waals surface area contributed by atoms with E-state index in [0.717, 1.165) is 5.39 Å². The van der Waals surface area contributed by atoms with E-state index in [1.54, 1.807) is 12.3 Å². The number of nitrogens with zero attached hydrogens (tertiary/aromatic N) is 1. The van der Waals surface area contributed by atoms with Crippen LogP contribution in [-0.4, -0.2) is 10.4 Å². The fraction of sp³-hybridized carbons (Fsp3) is 0.167. The zero-order valence-electron chi connectivity index (χ0n) is 8.43. The monoisotopic (exact) mass is 201 g/mol. The number of hydrogen-bond acceptors (Lipinski definition) is 2. The minimum atomic E-state index is -0.108. The predicted octanol–water partition coefficient (Wildman–Crippen LogP) is 1.59. The quantitative estimate of drug-likeness (QED) is 0.740. The Morgan fingerprint density at radius 2 is 2.00 bits per heavy atom. The van der Waals surface area contributed by atoms with E-state index in [2.05, 4.69) is 0 Å². The molecule has 1 aromatic carbocycles. The van der Waals surface area contributed by atoms with Gasteiger partial charge in [-0.05, 0) is 24.4 Å². The van der Waals surface area contributed by atoms with Gasteiger partial charge in [0.1, 0.15) is 5.78 Å². The van der Waals surface area contributed by atoms with E-state index >= 15 is 0 Å². The Labute approximate surface area is 87.0 Å². The fourth-order valence-electron chi connectivity index (χ4n) is 1.59. The average molecular weight is 201 g/mol. The van der Waals surface area contributed by atoms with Gasteiger partial charge in [-0.1, -0.05) is 18.2 Å². The van der Waals surface area contributed by atoms with Crippen molar-refractivity contribution in [1.82, 2.24) is 4.57 Å². The Bertz CT molecular complexity index is 569. The first-order valence-electron chi connectivity index (χ1n) is 4.76. The highest BCUT2D eigenvalue weighted by molar-refractivity contribution is 5.82. The minimum absolute atomic E-state index is 0.0209. The Kier molecular flexibility index (Phi) is 2.37. The largest absolute Gasteiger partial charge is 0.308 e. The molecule has 0 unspecified atom stereocenters. The molecule has 0 aliphatic rings. The first-order valence-corrected chi connectivity index (χ1v) is 4.76. The number of aromatic nitrogens is 1. The average Bonchev–Trinajstić information content (AvgIpc) is 2.22. The second-order valence-corrected chi connectivity index (χ2v) is 3.54. The summed E-state index contributed by atoms with van der Waals surface area (Å²) in [5.41, 5.74) is -0.108. The molecular formula is C12H11NO2. The van der Waals surface area contributed by atoms with Gasteiger partial charge in [0.2, 0.25) is 0 Å². The Morgan fingerprint density at radius 3 is 2.73 bits per heavy atom. The summed E-state index contributed by atoms with van der Waals surface area (Å²) in [6.45, 7) is 1.62. The summed E-state index contributed by atoms with van der Waals surface area (Å²) in [5.74, 6) is -0.0209. The van der Waals surface area contributed by atoms with Gasteiger partial charge in [0.25, 0.3) is 5.56 Å². The smallest absolute Gasteiger partial charge is 0.258 e. The van der Waals surface area contributed by atoms with Crippen molar-refractivity contribution in [1.29, 1.82) is 0 Å². The molecule has 1 aromatic heterocycles. The molecule has 0 atom stereocenters. The normalized spacial score (nSPS) is 10.5. The molecule has 0 radical (unpaired) electrons. The lowest BCUT2D eigenvalue weighted by atomic mass is 10.2. The molecule has 0 bridgehead atoms. The van der Waals surface area contributed by atoms with Gasteiger partial charge in [-0.2, -0.15) is 0 Å². The highest BCUT2D eigenvalue weighted by Gasteiger charge is 2.02. The molecule has 2 aromatic rings. The summed E-state index contributed by atoms with van der Waals surface area (Å²) in [4.78, 5) is 22.8. The molecule has 3 nitrogen and oxygen atoms in total. The third-order valence-electron chi connectivity index (χ3n) is 2.28. The highest BCUT2D eigenvalue weighted by atomic mass is 16.1. The van der Waals surface area contributed by atoms with E-state index in [9.17, 15) is 9.59 Å². The van der Waals surface area contributed by atoms with Gasteiger partial charge < -0.3 is 4.57 Å². The summed E-state index contributed by atoms with van der Waals surface area (Å²) in [6, 6.07) is 9.21. The van der Waals surface area contributed by atoms with Gasteiger partial charge in [-0.25, -0.2) is 0 Å². The van der Waals surface area contributed by atoms with E-state index < -0.39 is 0 Å². The number of carbonyl (C=O) groups excluding carboxylic acids is 1. The number of benzene rings is 1. The molecule has 0 fully saturated rings. The van der Waals surface area contributed by atoms with Crippen LogP contribution in [0.3, 0.4) is 0 Å². The molecule has 3 heteroatoms.